The topological polar surface area (TPSA) is 69.9 Å². The van der Waals surface area contributed by atoms with Crippen LogP contribution in [0.3, 0.4) is 0 Å². The molecule has 134 valence electrons. The van der Waals surface area contributed by atoms with Gasteiger partial charge in [-0.05, 0) is 31.2 Å². The maximum absolute atomic E-state index is 12.2. The summed E-state index contributed by atoms with van der Waals surface area (Å²) < 4.78 is 22.3. The van der Waals surface area contributed by atoms with E-state index in [0.717, 1.165) is 11.0 Å². The fourth-order valence-electron chi connectivity index (χ4n) is 2.83. The minimum absolute atomic E-state index is 0.0930. The lowest BCUT2D eigenvalue weighted by Crippen LogP contribution is -2.31. The van der Waals surface area contributed by atoms with E-state index in [1.54, 1.807) is 18.2 Å². The van der Waals surface area contributed by atoms with Crippen LogP contribution in [0.5, 0.6) is 17.2 Å². The Balaban J connectivity index is 1.34. The predicted molar refractivity (Wildman–Crippen MR) is 95.7 cm³/mol. The zero-order chi connectivity index (χ0) is 17.9. The molecule has 3 aromatic rings. The average molecular weight is 353 g/mol. The summed E-state index contributed by atoms with van der Waals surface area (Å²) in [5, 5.41) is 3.89. The lowest BCUT2D eigenvalue weighted by Gasteiger charge is -2.19. The highest BCUT2D eigenvalue weighted by Crippen LogP contribution is 2.33. The summed E-state index contributed by atoms with van der Waals surface area (Å²) in [6.45, 7) is 2.82. The molecule has 1 aliphatic heterocycles. The maximum Gasteiger partial charge on any atom is 0.258 e. The summed E-state index contributed by atoms with van der Waals surface area (Å²) in [7, 11) is 0. The number of furan rings is 1. The van der Waals surface area contributed by atoms with Gasteiger partial charge in [-0.25, -0.2) is 0 Å². The van der Waals surface area contributed by atoms with E-state index in [9.17, 15) is 4.79 Å². The second-order valence-electron chi connectivity index (χ2n) is 6.07. The van der Waals surface area contributed by atoms with E-state index < -0.39 is 0 Å². The lowest BCUT2D eigenvalue weighted by atomic mass is 10.2. The molecule has 0 fully saturated rings. The molecule has 26 heavy (non-hydrogen) atoms. The molecular weight excluding hydrogens is 334 g/mol. The number of hydrogen-bond donors (Lipinski definition) is 1. The molecule has 6 nitrogen and oxygen atoms in total. The Labute approximate surface area is 150 Å². The molecule has 0 saturated heterocycles. The van der Waals surface area contributed by atoms with Crippen molar-refractivity contribution in [1.29, 1.82) is 0 Å². The molecule has 0 bridgehead atoms. The van der Waals surface area contributed by atoms with Crippen LogP contribution in [0.1, 0.15) is 18.7 Å². The molecule has 2 aromatic carbocycles. The first kappa shape index (κ1) is 16.3. The number of rotatable bonds is 5. The predicted octanol–water partition coefficient (Wildman–Crippen LogP) is 3.46. The van der Waals surface area contributed by atoms with Gasteiger partial charge in [0.05, 0.1) is 6.04 Å². The Morgan fingerprint density at radius 3 is 2.77 bits per heavy atom. The van der Waals surface area contributed by atoms with Gasteiger partial charge in [0.1, 0.15) is 30.3 Å². The summed E-state index contributed by atoms with van der Waals surface area (Å²) >= 11 is 0. The molecule has 0 aliphatic carbocycles. The quantitative estimate of drug-likeness (QED) is 0.761. The van der Waals surface area contributed by atoms with Gasteiger partial charge in [0.25, 0.3) is 5.91 Å². The van der Waals surface area contributed by atoms with Gasteiger partial charge in [0, 0.05) is 11.5 Å². The molecule has 1 unspecified atom stereocenters. The van der Waals surface area contributed by atoms with Crippen LogP contribution in [0.15, 0.2) is 52.9 Å². The number of carbonyl (C=O) groups is 1. The monoisotopic (exact) mass is 353 g/mol. The van der Waals surface area contributed by atoms with Crippen LogP contribution in [-0.4, -0.2) is 25.7 Å². The smallest absolute Gasteiger partial charge is 0.258 e. The van der Waals surface area contributed by atoms with Crippen LogP contribution >= 0.6 is 0 Å². The van der Waals surface area contributed by atoms with E-state index >= 15 is 0 Å². The van der Waals surface area contributed by atoms with Crippen molar-refractivity contribution in [3.63, 3.8) is 0 Å². The molecule has 2 heterocycles. The molecule has 1 aliphatic rings. The van der Waals surface area contributed by atoms with E-state index in [4.69, 9.17) is 18.6 Å². The zero-order valence-electron chi connectivity index (χ0n) is 14.4. The Bertz CT molecular complexity index is 900. The largest absolute Gasteiger partial charge is 0.486 e. The van der Waals surface area contributed by atoms with Gasteiger partial charge >= 0.3 is 0 Å². The maximum atomic E-state index is 12.2. The Hall–Kier alpha value is -3.15. The van der Waals surface area contributed by atoms with Crippen LogP contribution in [0.4, 0.5) is 0 Å². The van der Waals surface area contributed by atoms with Gasteiger partial charge in [-0.2, -0.15) is 0 Å². The van der Waals surface area contributed by atoms with E-state index in [-0.39, 0.29) is 18.6 Å². The van der Waals surface area contributed by atoms with Crippen molar-refractivity contribution in [2.24, 2.45) is 0 Å². The normalized spacial score (nSPS) is 14.0. The number of benzene rings is 2. The highest BCUT2D eigenvalue weighted by molar-refractivity contribution is 5.79. The van der Waals surface area contributed by atoms with Crippen LogP contribution in [0, 0.1) is 0 Å². The molecule has 0 saturated carbocycles. The molecule has 1 atom stereocenters. The molecule has 0 spiro atoms. The van der Waals surface area contributed by atoms with E-state index in [2.05, 4.69) is 5.32 Å². The number of nitrogens with one attached hydrogen (secondary N) is 1. The van der Waals surface area contributed by atoms with E-state index in [1.165, 1.54) is 0 Å². The molecule has 4 rings (SSSR count). The van der Waals surface area contributed by atoms with Crippen LogP contribution < -0.4 is 19.5 Å². The third-order valence-electron chi connectivity index (χ3n) is 4.13. The number of ether oxygens (including phenoxy) is 3. The van der Waals surface area contributed by atoms with Crippen molar-refractivity contribution in [3.8, 4) is 17.2 Å². The number of hydrogen-bond acceptors (Lipinski definition) is 5. The number of carbonyl (C=O) groups excluding carboxylic acids is 1. The first-order valence-corrected chi connectivity index (χ1v) is 8.49. The third-order valence-corrected chi connectivity index (χ3v) is 4.13. The Morgan fingerprint density at radius 2 is 1.92 bits per heavy atom. The summed E-state index contributed by atoms with van der Waals surface area (Å²) in [4.78, 5) is 12.2. The highest BCUT2D eigenvalue weighted by atomic mass is 16.6. The molecule has 1 amide bonds. The van der Waals surface area contributed by atoms with Gasteiger partial charge < -0.3 is 23.9 Å². The van der Waals surface area contributed by atoms with Crippen molar-refractivity contribution in [3.05, 3.63) is 54.3 Å². The van der Waals surface area contributed by atoms with Crippen molar-refractivity contribution >= 4 is 16.9 Å². The molecular formula is C20H19NO5. The third kappa shape index (κ3) is 3.44. The van der Waals surface area contributed by atoms with Crippen molar-refractivity contribution < 1.29 is 23.4 Å². The second kappa shape index (κ2) is 7.00. The highest BCUT2D eigenvalue weighted by Gasteiger charge is 2.16. The van der Waals surface area contributed by atoms with Crippen LogP contribution in [-0.2, 0) is 4.79 Å². The first-order valence-electron chi connectivity index (χ1n) is 8.49. The Kier molecular flexibility index (Phi) is 4.39. The minimum Gasteiger partial charge on any atom is -0.486 e. The van der Waals surface area contributed by atoms with E-state index in [0.29, 0.717) is 36.2 Å². The summed E-state index contributed by atoms with van der Waals surface area (Å²) in [5.41, 5.74) is 0.802. The van der Waals surface area contributed by atoms with Crippen molar-refractivity contribution in [2.75, 3.05) is 19.8 Å². The van der Waals surface area contributed by atoms with Gasteiger partial charge in [-0.3, -0.25) is 4.79 Å². The van der Waals surface area contributed by atoms with Crippen LogP contribution in [0.2, 0.25) is 0 Å². The fourth-order valence-corrected chi connectivity index (χ4v) is 2.83. The molecule has 6 heteroatoms. The molecule has 1 aromatic heterocycles. The van der Waals surface area contributed by atoms with Crippen molar-refractivity contribution in [2.45, 2.75) is 13.0 Å². The van der Waals surface area contributed by atoms with Gasteiger partial charge in [0.15, 0.2) is 18.1 Å². The average Bonchev–Trinajstić information content (AvgIpc) is 3.10. The molecule has 0 radical (unpaired) electrons. The van der Waals surface area contributed by atoms with Gasteiger partial charge in [-0.1, -0.05) is 18.2 Å². The summed E-state index contributed by atoms with van der Waals surface area (Å²) in [6, 6.07) is 14.7. The van der Waals surface area contributed by atoms with Gasteiger partial charge in [-0.15, -0.1) is 0 Å². The van der Waals surface area contributed by atoms with Crippen molar-refractivity contribution in [1.82, 2.24) is 5.32 Å². The fraction of sp³-hybridized carbons (Fsp3) is 0.250. The summed E-state index contributed by atoms with van der Waals surface area (Å²) in [5.74, 6) is 2.35. The first-order chi connectivity index (χ1) is 12.7. The minimum atomic E-state index is -0.251. The SMILES string of the molecule is CC(NC(=O)COc1ccc2c(c1)OCCO2)c1cc2ccccc2o1. The van der Waals surface area contributed by atoms with E-state index in [1.807, 2.05) is 37.3 Å². The number of fused-ring (bicyclic) bond motifs is 2. The standard InChI is InChI=1S/C20H19NO5/c1-13(18-10-14-4-2-3-5-16(14)26-18)21-20(22)12-25-15-6-7-17-19(11-15)24-9-8-23-17/h2-7,10-11,13H,8-9,12H2,1H3,(H,21,22). The van der Waals surface area contributed by atoms with Gasteiger partial charge in [0.2, 0.25) is 0 Å². The zero-order valence-corrected chi connectivity index (χ0v) is 14.4. The Morgan fingerprint density at radius 1 is 1.12 bits per heavy atom. The molecule has 1 N–H and O–H groups in total. The lowest BCUT2D eigenvalue weighted by molar-refractivity contribution is -0.123. The van der Waals surface area contributed by atoms with Crippen LogP contribution in [0.25, 0.3) is 11.0 Å². The number of amides is 1. The second-order valence-corrected chi connectivity index (χ2v) is 6.07. The number of para-hydroxylation sites is 1. The summed E-state index contributed by atoms with van der Waals surface area (Å²) in [6.07, 6.45) is 0.